The van der Waals surface area contributed by atoms with E-state index in [1.54, 1.807) is 0 Å². The maximum atomic E-state index is 12.2. The molecule has 0 saturated carbocycles. The Kier molecular flexibility index (Phi) is 7.40. The van der Waals surface area contributed by atoms with E-state index in [-0.39, 0.29) is 11.8 Å². The van der Waals surface area contributed by atoms with Crippen molar-refractivity contribution in [3.8, 4) is 0 Å². The van der Waals surface area contributed by atoms with Crippen LogP contribution in [-0.4, -0.2) is 63.0 Å². The molecule has 0 radical (unpaired) electrons. The fourth-order valence-corrected chi connectivity index (χ4v) is 4.00. The number of rotatable bonds is 8. The topological polar surface area (TPSA) is 69.7 Å². The molecular weight excluding hydrogens is 338 g/mol. The predicted octanol–water partition coefficient (Wildman–Crippen LogP) is 1.30. The Morgan fingerprint density at radius 3 is 2.48 bits per heavy atom. The lowest BCUT2D eigenvalue weighted by atomic mass is 9.97. The summed E-state index contributed by atoms with van der Waals surface area (Å²) in [6, 6.07) is 10.3. The van der Waals surface area contributed by atoms with Crippen LogP contribution >= 0.6 is 0 Å². The lowest BCUT2D eigenvalue weighted by Crippen LogP contribution is -2.43. The van der Waals surface area contributed by atoms with Crippen LogP contribution in [0.5, 0.6) is 0 Å². The third-order valence-electron chi connectivity index (χ3n) is 4.60. The molecule has 0 bridgehead atoms. The van der Waals surface area contributed by atoms with Crippen LogP contribution in [-0.2, 0) is 21.4 Å². The number of benzene rings is 1. The maximum absolute atomic E-state index is 12.2. The molecule has 0 aromatic heterocycles. The summed E-state index contributed by atoms with van der Waals surface area (Å²) in [5.41, 5.74) is 1.28. The zero-order valence-electron chi connectivity index (χ0n) is 15.1. The Balaban J connectivity index is 1.61. The summed E-state index contributed by atoms with van der Waals surface area (Å²) in [5.74, 6) is -0.0149. The summed E-state index contributed by atoms with van der Waals surface area (Å²) in [5, 5.41) is 2.99. The summed E-state index contributed by atoms with van der Waals surface area (Å²) in [6.07, 6.45) is 3.33. The number of sulfonamides is 1. The molecule has 0 unspecified atom stereocenters. The van der Waals surface area contributed by atoms with Crippen molar-refractivity contribution in [3.05, 3.63) is 35.9 Å². The van der Waals surface area contributed by atoms with Crippen LogP contribution in [0.3, 0.4) is 0 Å². The molecule has 1 aromatic carbocycles. The van der Waals surface area contributed by atoms with Crippen molar-refractivity contribution < 1.29 is 13.2 Å². The molecule has 1 heterocycles. The highest BCUT2D eigenvalue weighted by Crippen LogP contribution is 2.19. The lowest BCUT2D eigenvalue weighted by molar-refractivity contribution is -0.126. The van der Waals surface area contributed by atoms with Crippen LogP contribution in [0.15, 0.2) is 30.3 Å². The van der Waals surface area contributed by atoms with Gasteiger partial charge in [0.15, 0.2) is 0 Å². The fraction of sp³-hybridized carbons (Fsp3) is 0.611. The minimum Gasteiger partial charge on any atom is -0.356 e. The SMILES string of the molecule is CN(CCCNC(=O)C1CCN(S(C)(=O)=O)CC1)Cc1ccccc1. The highest BCUT2D eigenvalue weighted by molar-refractivity contribution is 7.88. The smallest absolute Gasteiger partial charge is 0.223 e. The molecule has 140 valence electrons. The zero-order valence-corrected chi connectivity index (χ0v) is 16.0. The first-order chi connectivity index (χ1) is 11.9. The molecule has 25 heavy (non-hydrogen) atoms. The van der Waals surface area contributed by atoms with Gasteiger partial charge in [0.05, 0.1) is 6.26 Å². The molecule has 1 aromatic rings. The van der Waals surface area contributed by atoms with E-state index >= 15 is 0 Å². The third kappa shape index (κ3) is 6.76. The minimum absolute atomic E-state index is 0.0545. The van der Waals surface area contributed by atoms with Crippen LogP contribution in [0.25, 0.3) is 0 Å². The number of carbonyl (C=O) groups is 1. The van der Waals surface area contributed by atoms with E-state index < -0.39 is 10.0 Å². The monoisotopic (exact) mass is 367 g/mol. The van der Waals surface area contributed by atoms with E-state index in [1.807, 2.05) is 18.2 Å². The van der Waals surface area contributed by atoms with E-state index in [0.29, 0.717) is 32.5 Å². The van der Waals surface area contributed by atoms with Crippen molar-refractivity contribution >= 4 is 15.9 Å². The second-order valence-corrected chi connectivity index (χ2v) is 8.79. The van der Waals surface area contributed by atoms with Gasteiger partial charge in [-0.05, 0) is 38.4 Å². The summed E-state index contributed by atoms with van der Waals surface area (Å²) < 4.78 is 24.4. The van der Waals surface area contributed by atoms with E-state index in [0.717, 1.165) is 19.5 Å². The minimum atomic E-state index is -3.14. The van der Waals surface area contributed by atoms with Crippen LogP contribution in [0.2, 0.25) is 0 Å². The first-order valence-electron chi connectivity index (χ1n) is 8.81. The number of nitrogens with one attached hydrogen (secondary N) is 1. The van der Waals surface area contributed by atoms with Crippen molar-refractivity contribution in [1.29, 1.82) is 0 Å². The molecule has 6 nitrogen and oxygen atoms in total. The largest absolute Gasteiger partial charge is 0.356 e. The third-order valence-corrected chi connectivity index (χ3v) is 5.91. The van der Waals surface area contributed by atoms with Crippen LogP contribution in [0, 0.1) is 5.92 Å². The average molecular weight is 368 g/mol. The Bertz CT molecular complexity index is 641. The van der Waals surface area contributed by atoms with Gasteiger partial charge in [-0.3, -0.25) is 4.79 Å². The van der Waals surface area contributed by atoms with Crippen molar-refractivity contribution in [3.63, 3.8) is 0 Å². The standard InChI is InChI=1S/C18H29N3O3S/c1-20(15-16-7-4-3-5-8-16)12-6-11-19-18(22)17-9-13-21(14-10-17)25(2,23)24/h3-5,7-8,17H,6,9-15H2,1-2H3,(H,19,22). The summed E-state index contributed by atoms with van der Waals surface area (Å²) >= 11 is 0. The Morgan fingerprint density at radius 1 is 1.24 bits per heavy atom. The normalized spacial score (nSPS) is 16.9. The van der Waals surface area contributed by atoms with Crippen molar-refractivity contribution in [2.75, 3.05) is 39.5 Å². The molecule has 0 atom stereocenters. The molecule has 0 aliphatic carbocycles. The molecule has 2 rings (SSSR count). The Hall–Kier alpha value is -1.44. The van der Waals surface area contributed by atoms with Gasteiger partial charge in [0.2, 0.25) is 15.9 Å². The van der Waals surface area contributed by atoms with E-state index in [4.69, 9.17) is 0 Å². The average Bonchev–Trinajstić information content (AvgIpc) is 2.59. The van der Waals surface area contributed by atoms with E-state index in [9.17, 15) is 13.2 Å². The molecular formula is C18H29N3O3S. The first kappa shape index (κ1) is 19.9. The second-order valence-electron chi connectivity index (χ2n) is 6.80. The molecule has 1 amide bonds. The molecule has 1 fully saturated rings. The van der Waals surface area contributed by atoms with Gasteiger partial charge in [0.1, 0.15) is 0 Å². The number of carbonyl (C=O) groups excluding carboxylic acids is 1. The van der Waals surface area contributed by atoms with E-state index in [1.165, 1.54) is 16.1 Å². The fourth-order valence-electron chi connectivity index (χ4n) is 3.13. The molecule has 7 heteroatoms. The van der Waals surface area contributed by atoms with Gasteiger partial charge in [-0.15, -0.1) is 0 Å². The highest BCUT2D eigenvalue weighted by Gasteiger charge is 2.28. The van der Waals surface area contributed by atoms with Crippen molar-refractivity contribution in [1.82, 2.24) is 14.5 Å². The van der Waals surface area contributed by atoms with Crippen molar-refractivity contribution in [2.24, 2.45) is 5.92 Å². The summed E-state index contributed by atoms with van der Waals surface area (Å²) in [4.78, 5) is 14.4. The second kappa shape index (κ2) is 9.31. The quantitative estimate of drug-likeness (QED) is 0.703. The van der Waals surface area contributed by atoms with Crippen LogP contribution in [0.1, 0.15) is 24.8 Å². The van der Waals surface area contributed by atoms with Gasteiger partial charge in [-0.25, -0.2) is 12.7 Å². The van der Waals surface area contributed by atoms with Gasteiger partial charge in [-0.1, -0.05) is 30.3 Å². The van der Waals surface area contributed by atoms with Gasteiger partial charge < -0.3 is 10.2 Å². The van der Waals surface area contributed by atoms with Gasteiger partial charge in [-0.2, -0.15) is 0 Å². The van der Waals surface area contributed by atoms with Gasteiger partial charge in [0.25, 0.3) is 0 Å². The predicted molar refractivity (Wildman–Crippen MR) is 99.5 cm³/mol. The maximum Gasteiger partial charge on any atom is 0.223 e. The molecule has 1 aliphatic rings. The summed E-state index contributed by atoms with van der Waals surface area (Å²) in [7, 11) is -1.06. The molecule has 0 spiro atoms. The number of nitrogens with zero attached hydrogens (tertiary/aromatic N) is 2. The number of piperidine rings is 1. The number of hydrogen-bond donors (Lipinski definition) is 1. The molecule has 1 aliphatic heterocycles. The van der Waals surface area contributed by atoms with Gasteiger partial charge >= 0.3 is 0 Å². The van der Waals surface area contributed by atoms with E-state index in [2.05, 4.69) is 29.4 Å². The zero-order chi connectivity index (χ0) is 18.3. The number of hydrogen-bond acceptors (Lipinski definition) is 4. The lowest BCUT2D eigenvalue weighted by Gasteiger charge is -2.29. The van der Waals surface area contributed by atoms with Gasteiger partial charge in [0, 0.05) is 32.1 Å². The molecule has 1 saturated heterocycles. The van der Waals surface area contributed by atoms with Crippen LogP contribution in [0.4, 0.5) is 0 Å². The number of amides is 1. The Morgan fingerprint density at radius 2 is 1.88 bits per heavy atom. The highest BCUT2D eigenvalue weighted by atomic mass is 32.2. The summed E-state index contributed by atoms with van der Waals surface area (Å²) in [6.45, 7) is 3.36. The molecule has 1 N–H and O–H groups in total. The first-order valence-corrected chi connectivity index (χ1v) is 10.7. The van der Waals surface area contributed by atoms with Crippen LogP contribution < -0.4 is 5.32 Å². The van der Waals surface area contributed by atoms with Crippen molar-refractivity contribution in [2.45, 2.75) is 25.8 Å². The Labute approximate surface area is 151 Å².